The van der Waals surface area contributed by atoms with Crippen molar-refractivity contribution in [2.45, 2.75) is 19.9 Å². The number of hydrogen-bond acceptors (Lipinski definition) is 1. The minimum Gasteiger partial charge on any atom is -0.357 e. The lowest BCUT2D eigenvalue weighted by Gasteiger charge is -2.11. The molecule has 0 fully saturated rings. The van der Waals surface area contributed by atoms with Gasteiger partial charge in [0.15, 0.2) is 5.96 Å². The summed E-state index contributed by atoms with van der Waals surface area (Å²) in [4.78, 5) is 4.54. The van der Waals surface area contributed by atoms with Crippen LogP contribution in [0.15, 0.2) is 59.6 Å². The van der Waals surface area contributed by atoms with Crippen molar-refractivity contribution in [3.63, 3.8) is 0 Å². The van der Waals surface area contributed by atoms with Gasteiger partial charge in [-0.1, -0.05) is 48.5 Å². The number of aliphatic imine (C=N–C) groups is 1. The molecule has 124 valence electrons. The highest BCUT2D eigenvalue weighted by Crippen LogP contribution is 2.06. The molecule has 2 aromatic carbocycles. The SMILES string of the molecule is CCNC(=NCc1ccccc1)NCCc1ccccc1F.I. The zero-order valence-corrected chi connectivity index (χ0v) is 15.6. The smallest absolute Gasteiger partial charge is 0.191 e. The van der Waals surface area contributed by atoms with Crippen molar-refractivity contribution in [2.24, 2.45) is 4.99 Å². The number of benzene rings is 2. The van der Waals surface area contributed by atoms with Crippen LogP contribution in [0.3, 0.4) is 0 Å². The number of halogens is 2. The lowest BCUT2D eigenvalue weighted by atomic mass is 10.1. The molecule has 3 nitrogen and oxygen atoms in total. The Morgan fingerprint density at radius 3 is 2.39 bits per heavy atom. The van der Waals surface area contributed by atoms with Gasteiger partial charge in [-0.3, -0.25) is 0 Å². The van der Waals surface area contributed by atoms with Crippen LogP contribution in [0.1, 0.15) is 18.1 Å². The zero-order chi connectivity index (χ0) is 15.6. The van der Waals surface area contributed by atoms with E-state index in [1.165, 1.54) is 6.07 Å². The molecular formula is C18H23FIN3. The van der Waals surface area contributed by atoms with E-state index in [0.717, 1.165) is 18.1 Å². The lowest BCUT2D eigenvalue weighted by molar-refractivity contribution is 0.606. The van der Waals surface area contributed by atoms with Gasteiger partial charge in [-0.05, 0) is 30.5 Å². The second-order valence-electron chi connectivity index (χ2n) is 4.95. The predicted octanol–water partition coefficient (Wildman–Crippen LogP) is 3.74. The van der Waals surface area contributed by atoms with Gasteiger partial charge < -0.3 is 10.6 Å². The molecule has 0 aliphatic rings. The molecule has 0 aliphatic carbocycles. The summed E-state index contributed by atoms with van der Waals surface area (Å²) in [6.45, 7) is 4.08. The van der Waals surface area contributed by atoms with Crippen LogP contribution in [0.25, 0.3) is 0 Å². The Labute approximate surface area is 154 Å². The van der Waals surface area contributed by atoms with E-state index in [2.05, 4.69) is 15.6 Å². The average Bonchev–Trinajstić information content (AvgIpc) is 2.55. The summed E-state index contributed by atoms with van der Waals surface area (Å²) in [5, 5.41) is 6.44. The van der Waals surface area contributed by atoms with Gasteiger partial charge in [0.25, 0.3) is 0 Å². The monoisotopic (exact) mass is 427 g/mol. The highest BCUT2D eigenvalue weighted by atomic mass is 127. The molecule has 0 heterocycles. The molecule has 0 atom stereocenters. The van der Waals surface area contributed by atoms with E-state index >= 15 is 0 Å². The van der Waals surface area contributed by atoms with Crippen LogP contribution in [0.5, 0.6) is 0 Å². The van der Waals surface area contributed by atoms with Crippen LogP contribution in [-0.2, 0) is 13.0 Å². The first-order valence-corrected chi connectivity index (χ1v) is 7.59. The highest BCUT2D eigenvalue weighted by Gasteiger charge is 2.01. The Bertz CT molecular complexity index is 602. The Kier molecular flexibility index (Phi) is 9.28. The summed E-state index contributed by atoms with van der Waals surface area (Å²) in [6.07, 6.45) is 0.627. The Morgan fingerprint density at radius 1 is 1.00 bits per heavy atom. The van der Waals surface area contributed by atoms with E-state index in [9.17, 15) is 4.39 Å². The van der Waals surface area contributed by atoms with Crippen molar-refractivity contribution in [1.29, 1.82) is 0 Å². The molecule has 0 unspecified atom stereocenters. The Morgan fingerprint density at radius 2 is 1.70 bits per heavy atom. The Hall–Kier alpha value is -1.63. The fraction of sp³-hybridized carbons (Fsp3) is 0.278. The third-order valence-corrected chi connectivity index (χ3v) is 3.25. The van der Waals surface area contributed by atoms with Gasteiger partial charge >= 0.3 is 0 Å². The summed E-state index contributed by atoms with van der Waals surface area (Å²) in [6, 6.07) is 17.0. The van der Waals surface area contributed by atoms with Crippen molar-refractivity contribution in [1.82, 2.24) is 10.6 Å². The third kappa shape index (κ3) is 6.99. The quantitative estimate of drug-likeness (QED) is 0.419. The van der Waals surface area contributed by atoms with Crippen molar-refractivity contribution in [3.8, 4) is 0 Å². The van der Waals surface area contributed by atoms with Crippen molar-refractivity contribution in [2.75, 3.05) is 13.1 Å². The Balaban J connectivity index is 0.00000264. The number of rotatable bonds is 6. The first kappa shape index (κ1) is 19.4. The molecule has 0 saturated carbocycles. The number of guanidine groups is 1. The summed E-state index contributed by atoms with van der Waals surface area (Å²) in [7, 11) is 0. The molecule has 0 aliphatic heterocycles. The number of hydrogen-bond donors (Lipinski definition) is 2. The van der Waals surface area contributed by atoms with Gasteiger partial charge in [0.1, 0.15) is 5.82 Å². The largest absolute Gasteiger partial charge is 0.357 e. The first-order valence-electron chi connectivity index (χ1n) is 7.59. The summed E-state index contributed by atoms with van der Waals surface area (Å²) in [5.41, 5.74) is 1.88. The van der Waals surface area contributed by atoms with Crippen LogP contribution >= 0.6 is 24.0 Å². The molecular weight excluding hydrogens is 404 g/mol. The van der Waals surface area contributed by atoms with Gasteiger partial charge in [0.2, 0.25) is 0 Å². The fourth-order valence-electron chi connectivity index (χ4n) is 2.11. The minimum atomic E-state index is -0.157. The van der Waals surface area contributed by atoms with Crippen molar-refractivity contribution < 1.29 is 4.39 Å². The van der Waals surface area contributed by atoms with Gasteiger partial charge in [-0.2, -0.15) is 0 Å². The van der Waals surface area contributed by atoms with Crippen LogP contribution < -0.4 is 10.6 Å². The summed E-state index contributed by atoms with van der Waals surface area (Å²) >= 11 is 0. The maximum atomic E-state index is 13.6. The zero-order valence-electron chi connectivity index (χ0n) is 13.3. The van der Waals surface area contributed by atoms with E-state index in [1.807, 2.05) is 49.4 Å². The fourth-order valence-corrected chi connectivity index (χ4v) is 2.11. The maximum absolute atomic E-state index is 13.6. The normalized spacial score (nSPS) is 10.8. The van der Waals surface area contributed by atoms with Crippen molar-refractivity contribution >= 4 is 29.9 Å². The first-order chi connectivity index (χ1) is 10.8. The highest BCUT2D eigenvalue weighted by molar-refractivity contribution is 14.0. The molecule has 2 rings (SSSR count). The van der Waals surface area contributed by atoms with Crippen LogP contribution in [-0.4, -0.2) is 19.0 Å². The standard InChI is InChI=1S/C18H22FN3.HI/c1-2-20-18(22-14-15-8-4-3-5-9-15)21-13-12-16-10-6-7-11-17(16)19;/h3-11H,2,12-14H2,1H3,(H2,20,21,22);1H. The van der Waals surface area contributed by atoms with E-state index in [4.69, 9.17) is 0 Å². The third-order valence-electron chi connectivity index (χ3n) is 3.25. The molecule has 0 aromatic heterocycles. The predicted molar refractivity (Wildman–Crippen MR) is 105 cm³/mol. The van der Waals surface area contributed by atoms with Gasteiger partial charge in [0.05, 0.1) is 6.54 Å². The van der Waals surface area contributed by atoms with E-state index in [1.54, 1.807) is 6.07 Å². The molecule has 2 aromatic rings. The molecule has 0 amide bonds. The topological polar surface area (TPSA) is 36.4 Å². The number of nitrogens with one attached hydrogen (secondary N) is 2. The lowest BCUT2D eigenvalue weighted by Crippen LogP contribution is -2.38. The second kappa shape index (κ2) is 11.0. The van der Waals surface area contributed by atoms with Gasteiger partial charge in [-0.25, -0.2) is 9.38 Å². The summed E-state index contributed by atoms with van der Waals surface area (Å²) in [5.74, 6) is 0.596. The maximum Gasteiger partial charge on any atom is 0.191 e. The van der Waals surface area contributed by atoms with E-state index < -0.39 is 0 Å². The molecule has 0 saturated heterocycles. The second-order valence-corrected chi connectivity index (χ2v) is 4.95. The molecule has 23 heavy (non-hydrogen) atoms. The molecule has 0 spiro atoms. The molecule has 0 bridgehead atoms. The van der Waals surface area contributed by atoms with E-state index in [0.29, 0.717) is 25.1 Å². The van der Waals surface area contributed by atoms with Crippen LogP contribution in [0, 0.1) is 5.82 Å². The van der Waals surface area contributed by atoms with Gasteiger partial charge in [-0.15, -0.1) is 24.0 Å². The number of nitrogens with zero attached hydrogens (tertiary/aromatic N) is 1. The van der Waals surface area contributed by atoms with E-state index in [-0.39, 0.29) is 29.8 Å². The average molecular weight is 427 g/mol. The summed E-state index contributed by atoms with van der Waals surface area (Å²) < 4.78 is 13.6. The van der Waals surface area contributed by atoms with Gasteiger partial charge in [0, 0.05) is 13.1 Å². The molecule has 0 radical (unpaired) electrons. The van der Waals surface area contributed by atoms with Crippen LogP contribution in [0.2, 0.25) is 0 Å². The minimum absolute atomic E-state index is 0. The van der Waals surface area contributed by atoms with Crippen molar-refractivity contribution in [3.05, 3.63) is 71.5 Å². The molecule has 2 N–H and O–H groups in total. The van der Waals surface area contributed by atoms with Crippen LogP contribution in [0.4, 0.5) is 4.39 Å². The molecule has 5 heteroatoms.